The van der Waals surface area contributed by atoms with Gasteiger partial charge in [-0.1, -0.05) is 34.1 Å². The van der Waals surface area contributed by atoms with Gasteiger partial charge in [0.25, 0.3) is 0 Å². The minimum atomic E-state index is -1.22. The highest BCUT2D eigenvalue weighted by Crippen LogP contribution is 2.25. The van der Waals surface area contributed by atoms with Crippen molar-refractivity contribution in [1.29, 1.82) is 0 Å². The zero-order valence-electron chi connectivity index (χ0n) is 21.0. The zero-order chi connectivity index (χ0) is 28.6. The number of carbonyl (C=O) groups is 2. The maximum atomic E-state index is 13.5. The number of benzene rings is 2. The average Bonchev–Trinajstić information content (AvgIpc) is 2.97. The lowest BCUT2D eigenvalue weighted by molar-refractivity contribution is 0.0366. The van der Waals surface area contributed by atoms with Crippen LogP contribution in [0.2, 0.25) is 5.02 Å². The third kappa shape index (κ3) is 6.63. The summed E-state index contributed by atoms with van der Waals surface area (Å²) in [6.07, 6.45) is 2.28. The molecule has 1 saturated heterocycles. The van der Waals surface area contributed by atoms with Crippen molar-refractivity contribution in [1.82, 2.24) is 20.1 Å². The lowest BCUT2D eigenvalue weighted by atomic mass is 10.2. The standard InChI is InChI=1S/C24H26ClN9O6/c25-16-3-1-15(2-4-16)13-32-22(34(26)24(36)33(23(32)35)14-18(31-38)12-29-37)30-17-5-7-19(8-6-17)39-20-9-10-28-21(11-20)40-27/h1-9,11,18,22,28,30H,10,12-14,26-27H2/t18-,22?/m1/s1. The summed E-state index contributed by atoms with van der Waals surface area (Å²) in [6.45, 7) is -0.462. The Kier molecular flexibility index (Phi) is 9.11. The van der Waals surface area contributed by atoms with E-state index in [9.17, 15) is 19.4 Å². The van der Waals surface area contributed by atoms with E-state index in [2.05, 4.69) is 25.8 Å². The summed E-state index contributed by atoms with van der Waals surface area (Å²) in [5.74, 6) is 12.7. The largest absolute Gasteiger partial charge is 0.457 e. The van der Waals surface area contributed by atoms with Crippen molar-refractivity contribution in [3.8, 4) is 5.75 Å². The monoisotopic (exact) mass is 571 g/mol. The number of nitrogens with one attached hydrogen (secondary N) is 2. The second-order valence-electron chi connectivity index (χ2n) is 8.67. The first-order valence-electron chi connectivity index (χ1n) is 11.9. The molecule has 1 fully saturated rings. The molecule has 2 aromatic carbocycles. The van der Waals surface area contributed by atoms with Crippen LogP contribution < -0.4 is 27.1 Å². The Balaban J connectivity index is 1.55. The molecule has 40 heavy (non-hydrogen) atoms. The van der Waals surface area contributed by atoms with Crippen LogP contribution in [0.4, 0.5) is 15.3 Å². The molecule has 2 aromatic rings. The Bertz CT molecular complexity index is 1300. The van der Waals surface area contributed by atoms with E-state index in [1.54, 1.807) is 60.7 Å². The van der Waals surface area contributed by atoms with E-state index in [1.165, 1.54) is 4.90 Å². The number of hydrogen-bond donors (Lipinski definition) is 4. The quantitative estimate of drug-likeness (QED) is 0.127. The second-order valence-corrected chi connectivity index (χ2v) is 9.10. The van der Waals surface area contributed by atoms with Gasteiger partial charge in [-0.2, -0.15) is 15.7 Å². The number of carbonyl (C=O) groups excluding carboxylic acids is 2. The third-order valence-corrected chi connectivity index (χ3v) is 6.20. The van der Waals surface area contributed by atoms with Gasteiger partial charge >= 0.3 is 12.1 Å². The molecule has 0 saturated carbocycles. The molecule has 16 heteroatoms. The third-order valence-electron chi connectivity index (χ3n) is 5.95. The minimum Gasteiger partial charge on any atom is -0.457 e. The van der Waals surface area contributed by atoms with E-state index in [1.807, 2.05) is 0 Å². The molecule has 210 valence electrons. The molecule has 2 atom stereocenters. The number of anilines is 1. The number of ether oxygens (including phenoxy) is 1. The van der Waals surface area contributed by atoms with E-state index in [0.717, 1.165) is 9.91 Å². The number of nitrogens with two attached hydrogens (primary N) is 2. The van der Waals surface area contributed by atoms with Crippen molar-refractivity contribution < 1.29 is 19.2 Å². The lowest BCUT2D eigenvalue weighted by Crippen LogP contribution is -2.70. The van der Waals surface area contributed by atoms with E-state index in [0.29, 0.717) is 40.2 Å². The first-order chi connectivity index (χ1) is 19.3. The highest BCUT2D eigenvalue weighted by Gasteiger charge is 2.44. The Labute approximate surface area is 233 Å². The van der Waals surface area contributed by atoms with Gasteiger partial charge in [0.2, 0.25) is 12.2 Å². The maximum Gasteiger partial charge on any atom is 0.345 e. The number of hydrogen-bond acceptors (Lipinski definition) is 12. The van der Waals surface area contributed by atoms with Crippen molar-refractivity contribution in [2.45, 2.75) is 18.9 Å². The SMILES string of the molecule is NOC1=CC(Oc2ccc(NC3N(N)C(=O)N(C[C@@H](CN=O)N=O)C(=O)N3Cc3ccc(Cl)cc3)cc2)=CCN1. The first kappa shape index (κ1) is 28.3. The summed E-state index contributed by atoms with van der Waals surface area (Å²) >= 11 is 6.00. The van der Waals surface area contributed by atoms with Crippen LogP contribution in [-0.4, -0.2) is 58.8 Å². The Morgan fingerprint density at radius 3 is 2.48 bits per heavy atom. The predicted molar refractivity (Wildman–Crippen MR) is 145 cm³/mol. The summed E-state index contributed by atoms with van der Waals surface area (Å²) in [7, 11) is 0. The molecular formula is C24H26ClN9O6. The van der Waals surface area contributed by atoms with Gasteiger partial charge in [0.05, 0.1) is 13.1 Å². The number of amides is 4. The van der Waals surface area contributed by atoms with Gasteiger partial charge in [-0.25, -0.2) is 25.3 Å². The van der Waals surface area contributed by atoms with Crippen LogP contribution in [0.3, 0.4) is 0 Å². The van der Waals surface area contributed by atoms with Crippen LogP contribution in [0.25, 0.3) is 0 Å². The molecule has 2 aliphatic rings. The number of imide groups is 1. The first-order valence-corrected chi connectivity index (χ1v) is 12.3. The van der Waals surface area contributed by atoms with Crippen LogP contribution >= 0.6 is 11.6 Å². The van der Waals surface area contributed by atoms with E-state index in [4.69, 9.17) is 28.1 Å². The van der Waals surface area contributed by atoms with Crippen molar-refractivity contribution in [3.63, 3.8) is 0 Å². The number of halogens is 1. The minimum absolute atomic E-state index is 0.0253. The van der Waals surface area contributed by atoms with Crippen molar-refractivity contribution in [2.75, 3.05) is 25.0 Å². The lowest BCUT2D eigenvalue weighted by Gasteiger charge is -2.45. The molecule has 1 unspecified atom stereocenters. The number of nitroso groups, excluding NO2 is 2. The summed E-state index contributed by atoms with van der Waals surface area (Å²) in [5, 5.41) is 12.8. The van der Waals surface area contributed by atoms with Crippen molar-refractivity contribution in [2.24, 2.45) is 22.1 Å². The smallest absolute Gasteiger partial charge is 0.345 e. The van der Waals surface area contributed by atoms with Crippen molar-refractivity contribution in [3.05, 3.63) is 92.7 Å². The maximum absolute atomic E-state index is 13.5. The topological polar surface area (TPSA) is 197 Å². The van der Waals surface area contributed by atoms with Gasteiger partial charge in [0.15, 0.2) is 0 Å². The van der Waals surface area contributed by atoms with Gasteiger partial charge in [-0.15, -0.1) is 0 Å². The molecule has 0 aliphatic carbocycles. The van der Waals surface area contributed by atoms with Crippen LogP contribution in [0.15, 0.2) is 82.7 Å². The molecule has 4 amide bonds. The molecule has 6 N–H and O–H groups in total. The fourth-order valence-corrected chi connectivity index (χ4v) is 4.07. The fraction of sp³-hybridized carbons (Fsp3) is 0.250. The highest BCUT2D eigenvalue weighted by molar-refractivity contribution is 6.30. The molecule has 0 bridgehead atoms. The van der Waals surface area contributed by atoms with Crippen LogP contribution in [-0.2, 0) is 11.4 Å². The van der Waals surface area contributed by atoms with E-state index in [-0.39, 0.29) is 6.54 Å². The molecule has 0 radical (unpaired) electrons. The number of hydrazine groups is 1. The number of nitrogens with zero attached hydrogens (tertiary/aromatic N) is 5. The molecule has 0 spiro atoms. The van der Waals surface area contributed by atoms with E-state index < -0.39 is 37.5 Å². The Morgan fingerprint density at radius 2 is 1.82 bits per heavy atom. The summed E-state index contributed by atoms with van der Waals surface area (Å²) in [6, 6.07) is 10.6. The second kappa shape index (κ2) is 12.9. The van der Waals surface area contributed by atoms with Gasteiger partial charge in [0.1, 0.15) is 24.1 Å². The number of allylic oxidation sites excluding steroid dienone is 1. The Hall–Kier alpha value is -4.73. The van der Waals surface area contributed by atoms with Gasteiger partial charge in [-0.3, -0.25) is 4.90 Å². The van der Waals surface area contributed by atoms with Crippen LogP contribution in [0.1, 0.15) is 5.56 Å². The molecular weight excluding hydrogens is 546 g/mol. The summed E-state index contributed by atoms with van der Waals surface area (Å²) in [4.78, 5) is 55.1. The molecule has 4 rings (SSSR count). The zero-order valence-corrected chi connectivity index (χ0v) is 21.7. The molecule has 2 heterocycles. The predicted octanol–water partition coefficient (Wildman–Crippen LogP) is 2.77. The van der Waals surface area contributed by atoms with Gasteiger partial charge in [-0.05, 0) is 48.0 Å². The summed E-state index contributed by atoms with van der Waals surface area (Å²) in [5.41, 5.74) is 1.21. The van der Waals surface area contributed by atoms with E-state index >= 15 is 0 Å². The van der Waals surface area contributed by atoms with Crippen molar-refractivity contribution >= 4 is 29.4 Å². The molecule has 15 nitrogen and oxygen atoms in total. The average molecular weight is 572 g/mol. The summed E-state index contributed by atoms with van der Waals surface area (Å²) < 4.78 is 5.82. The molecule has 2 aliphatic heterocycles. The molecule has 0 aromatic heterocycles. The number of urea groups is 2. The van der Waals surface area contributed by atoms with Crippen LogP contribution in [0, 0.1) is 9.81 Å². The Morgan fingerprint density at radius 1 is 1.10 bits per heavy atom. The fourth-order valence-electron chi connectivity index (χ4n) is 3.94. The number of dihydropyridines is 1. The highest BCUT2D eigenvalue weighted by atomic mass is 35.5. The van der Waals surface area contributed by atoms with Gasteiger partial charge in [0, 0.05) is 23.3 Å². The van der Waals surface area contributed by atoms with Gasteiger partial charge < -0.3 is 20.2 Å². The normalized spacial score (nSPS) is 17.9. The number of rotatable bonds is 12. The van der Waals surface area contributed by atoms with Crippen LogP contribution in [0.5, 0.6) is 5.75 Å².